The maximum absolute atomic E-state index is 14.1. The normalized spacial score (nSPS) is 13.4. The number of ether oxygens (including phenoxy) is 1. The second-order valence-electron chi connectivity index (χ2n) is 5.81. The van der Waals surface area contributed by atoms with Gasteiger partial charge in [-0.2, -0.15) is 13.2 Å². The molecule has 0 saturated carbocycles. The average molecular weight is 417 g/mol. The number of hydrogen-bond acceptors (Lipinski definition) is 4. The molecule has 0 aliphatic heterocycles. The molecule has 2 aromatic rings. The van der Waals surface area contributed by atoms with E-state index >= 15 is 0 Å². The van der Waals surface area contributed by atoms with Gasteiger partial charge in [0.25, 0.3) is 11.7 Å². The van der Waals surface area contributed by atoms with Gasteiger partial charge in [-0.25, -0.2) is 15.1 Å². The highest BCUT2D eigenvalue weighted by atomic mass is 35.5. The second kappa shape index (κ2) is 8.47. The molecule has 1 aromatic heterocycles. The van der Waals surface area contributed by atoms with E-state index in [4.69, 9.17) is 11.6 Å². The molecular weight excluding hydrogens is 399 g/mol. The average Bonchev–Trinajstić information content (AvgIpc) is 2.62. The van der Waals surface area contributed by atoms with Crippen molar-refractivity contribution in [3.63, 3.8) is 0 Å². The first-order chi connectivity index (χ1) is 13.1. The number of aromatic nitrogens is 1. The van der Waals surface area contributed by atoms with Crippen LogP contribution in [-0.4, -0.2) is 30.3 Å². The zero-order chi connectivity index (χ0) is 20.9. The van der Waals surface area contributed by atoms with Crippen LogP contribution >= 0.6 is 11.6 Å². The van der Waals surface area contributed by atoms with Crippen molar-refractivity contribution in [3.05, 3.63) is 58.7 Å². The largest absolute Gasteiger partial charge is 0.464 e. The fraction of sp³-hybridized carbons (Fsp3) is 0.278. The number of rotatable bonds is 6. The number of carbonyl (C=O) groups is 2. The number of hydrogen-bond donors (Lipinski definition) is 2. The fourth-order valence-corrected chi connectivity index (χ4v) is 2.52. The Morgan fingerprint density at radius 3 is 2.39 bits per heavy atom. The maximum Gasteiger partial charge on any atom is 0.464 e. The number of nitrogens with one attached hydrogen (secondary N) is 3. The summed E-state index contributed by atoms with van der Waals surface area (Å²) in [5, 5.41) is 3.69. The smallest absolute Gasteiger partial charge is 0.461 e. The van der Waals surface area contributed by atoms with Crippen LogP contribution in [0.3, 0.4) is 0 Å². The Labute approximate surface area is 164 Å². The first-order valence-electron chi connectivity index (χ1n) is 8.18. The number of carbonyl (C=O) groups excluding carboxylic acids is 2. The summed E-state index contributed by atoms with van der Waals surface area (Å²) in [6.45, 7) is 2.76. The Kier molecular flexibility index (Phi) is 6.50. The van der Waals surface area contributed by atoms with Crippen molar-refractivity contribution in [1.29, 1.82) is 0 Å². The third-order valence-electron chi connectivity index (χ3n) is 3.72. The van der Waals surface area contributed by atoms with Crippen molar-refractivity contribution in [2.75, 3.05) is 11.9 Å². The highest BCUT2D eigenvalue weighted by Gasteiger charge is 2.68. The monoisotopic (exact) mass is 416 g/mol. The molecule has 6 nitrogen and oxygen atoms in total. The number of esters is 1. The second-order valence-corrected chi connectivity index (χ2v) is 6.21. The molecule has 150 valence electrons. The number of H-pyrrole nitrogens is 1. The quantitative estimate of drug-likeness (QED) is 0.560. The Morgan fingerprint density at radius 2 is 1.86 bits per heavy atom. The van der Waals surface area contributed by atoms with Gasteiger partial charge in [-0.1, -0.05) is 23.7 Å². The zero-order valence-electron chi connectivity index (χ0n) is 15.0. The van der Waals surface area contributed by atoms with Gasteiger partial charge in [0.15, 0.2) is 0 Å². The van der Waals surface area contributed by atoms with Crippen LogP contribution in [0.5, 0.6) is 0 Å². The van der Waals surface area contributed by atoms with Crippen LogP contribution in [0.1, 0.15) is 22.8 Å². The highest BCUT2D eigenvalue weighted by Crippen LogP contribution is 2.33. The molecule has 0 aliphatic carbocycles. The van der Waals surface area contributed by atoms with Crippen molar-refractivity contribution in [1.82, 2.24) is 5.32 Å². The van der Waals surface area contributed by atoms with E-state index in [-0.39, 0.29) is 23.0 Å². The van der Waals surface area contributed by atoms with E-state index in [1.54, 1.807) is 12.2 Å². The predicted octanol–water partition coefficient (Wildman–Crippen LogP) is 3.13. The summed E-state index contributed by atoms with van der Waals surface area (Å²) in [4.78, 5) is 27.5. The SMILES string of the molecule is CCOC(=O)[C@](NC(=O)c1ccccc1Cl)(Nc1ccc(C)c[nH+]1)C(F)(F)F. The molecule has 1 aromatic carbocycles. The van der Waals surface area contributed by atoms with Gasteiger partial charge in [0.05, 0.1) is 23.4 Å². The topological polar surface area (TPSA) is 81.6 Å². The Hall–Kier alpha value is -2.81. The molecule has 0 aliphatic rings. The lowest BCUT2D eigenvalue weighted by Gasteiger charge is -2.30. The van der Waals surface area contributed by atoms with Gasteiger partial charge in [-0.15, -0.1) is 0 Å². The molecule has 1 atom stereocenters. The zero-order valence-corrected chi connectivity index (χ0v) is 15.7. The predicted molar refractivity (Wildman–Crippen MR) is 95.7 cm³/mol. The lowest BCUT2D eigenvalue weighted by molar-refractivity contribution is -0.363. The lowest BCUT2D eigenvalue weighted by Crippen LogP contribution is -2.69. The van der Waals surface area contributed by atoms with Crippen LogP contribution in [0.15, 0.2) is 42.6 Å². The number of anilines is 1. The van der Waals surface area contributed by atoms with E-state index in [9.17, 15) is 22.8 Å². The Morgan fingerprint density at radius 1 is 1.18 bits per heavy atom. The molecular formula is C18H18ClF3N3O3+. The van der Waals surface area contributed by atoms with Gasteiger partial charge < -0.3 is 4.74 Å². The van der Waals surface area contributed by atoms with Gasteiger partial charge in [-0.05, 0) is 37.6 Å². The van der Waals surface area contributed by atoms with E-state index < -0.39 is 23.7 Å². The molecule has 1 heterocycles. The van der Waals surface area contributed by atoms with E-state index in [1.165, 1.54) is 49.5 Å². The lowest BCUT2D eigenvalue weighted by atomic mass is 10.1. The number of halogens is 4. The molecule has 2 rings (SSSR count). The first kappa shape index (κ1) is 21.5. The standard InChI is InChI=1S/C18H17ClF3N3O3/c1-3-28-16(27)17(18(20,21)22,24-14-9-8-11(2)10-23-14)25-15(26)12-6-4-5-7-13(12)19/h4-10H,3H2,1-2H3,(H,23,24)(H,25,26)/p+1/t17-/m1/s1. The Balaban J connectivity index is 2.52. The summed E-state index contributed by atoms with van der Waals surface area (Å²) in [5.41, 5.74) is -3.01. The summed E-state index contributed by atoms with van der Waals surface area (Å²) >= 11 is 5.90. The number of aryl methyl sites for hydroxylation is 1. The van der Waals surface area contributed by atoms with Crippen LogP contribution in [-0.2, 0) is 9.53 Å². The summed E-state index contributed by atoms with van der Waals surface area (Å²) in [7, 11) is 0. The molecule has 0 spiro atoms. The molecule has 28 heavy (non-hydrogen) atoms. The minimum Gasteiger partial charge on any atom is -0.461 e. The molecule has 0 bridgehead atoms. The summed E-state index contributed by atoms with van der Waals surface area (Å²) in [6.07, 6.45) is -3.81. The molecule has 0 unspecified atom stereocenters. The minimum atomic E-state index is -5.24. The molecule has 10 heteroatoms. The number of benzene rings is 1. The first-order valence-corrected chi connectivity index (χ1v) is 8.56. The van der Waals surface area contributed by atoms with Gasteiger partial charge in [0.2, 0.25) is 0 Å². The third kappa shape index (κ3) is 4.53. The maximum atomic E-state index is 14.1. The van der Waals surface area contributed by atoms with E-state index in [0.29, 0.717) is 0 Å². The number of alkyl halides is 3. The van der Waals surface area contributed by atoms with Crippen molar-refractivity contribution in [3.8, 4) is 0 Å². The highest BCUT2D eigenvalue weighted by molar-refractivity contribution is 6.33. The summed E-state index contributed by atoms with van der Waals surface area (Å²) < 4.78 is 46.8. The minimum absolute atomic E-state index is 0.0677. The molecule has 1 amide bonds. The van der Waals surface area contributed by atoms with Crippen molar-refractivity contribution in [2.24, 2.45) is 0 Å². The Bertz CT molecular complexity index is 859. The summed E-state index contributed by atoms with van der Waals surface area (Å²) in [5.74, 6) is -3.07. The number of aromatic amines is 1. The van der Waals surface area contributed by atoms with Crippen molar-refractivity contribution in [2.45, 2.75) is 25.7 Å². The van der Waals surface area contributed by atoms with E-state index in [1.807, 2.05) is 5.32 Å². The molecule has 3 N–H and O–H groups in total. The van der Waals surface area contributed by atoms with Crippen LogP contribution in [0.25, 0.3) is 0 Å². The van der Waals surface area contributed by atoms with Gasteiger partial charge in [-0.3, -0.25) is 10.1 Å². The van der Waals surface area contributed by atoms with Crippen LogP contribution in [0.4, 0.5) is 19.0 Å². The van der Waals surface area contributed by atoms with E-state index in [0.717, 1.165) is 5.56 Å². The van der Waals surface area contributed by atoms with Crippen LogP contribution < -0.4 is 15.6 Å². The number of pyridine rings is 1. The van der Waals surface area contributed by atoms with Crippen molar-refractivity contribution >= 4 is 29.3 Å². The third-order valence-corrected chi connectivity index (χ3v) is 4.05. The van der Waals surface area contributed by atoms with Gasteiger partial charge >= 0.3 is 17.8 Å². The van der Waals surface area contributed by atoms with Crippen molar-refractivity contribution < 1.29 is 32.5 Å². The molecule has 0 radical (unpaired) electrons. The van der Waals surface area contributed by atoms with Gasteiger partial charge in [0, 0.05) is 6.07 Å². The van der Waals surface area contributed by atoms with Crippen LogP contribution in [0, 0.1) is 6.92 Å². The number of amides is 1. The fourth-order valence-electron chi connectivity index (χ4n) is 2.30. The van der Waals surface area contributed by atoms with Crippen LogP contribution in [0.2, 0.25) is 5.02 Å². The molecule has 0 saturated heterocycles. The summed E-state index contributed by atoms with van der Waals surface area (Å²) in [6, 6.07) is 8.36. The van der Waals surface area contributed by atoms with E-state index in [2.05, 4.69) is 9.72 Å². The molecule has 0 fully saturated rings. The van der Waals surface area contributed by atoms with Gasteiger partial charge in [0.1, 0.15) is 0 Å².